The summed E-state index contributed by atoms with van der Waals surface area (Å²) in [5.74, 6) is 1.77. The fourth-order valence-corrected chi connectivity index (χ4v) is 6.63. The van der Waals surface area contributed by atoms with Gasteiger partial charge in [0.15, 0.2) is 5.76 Å². The van der Waals surface area contributed by atoms with Crippen LogP contribution in [-0.4, -0.2) is 38.1 Å². The van der Waals surface area contributed by atoms with Crippen molar-refractivity contribution in [2.75, 3.05) is 32.6 Å². The second-order valence-electron chi connectivity index (χ2n) is 8.99. The van der Waals surface area contributed by atoms with Crippen LogP contribution in [0.15, 0.2) is 41.0 Å². The largest absolute Gasteiger partial charge is 0.497 e. The number of fused-ring (bicyclic) bond motifs is 1. The number of benzene rings is 1. The standard InChI is InChI=1S/C27H32N2O4S/c1-31-18-12-13-21(32-2)20(17-18)25(29-14-6-3-7-15-29)24-19-9-4-5-11-23(19)34-27(24)28-26(30)22-10-8-16-33-22/h8,10,12-13,16-17,25H,3-7,9,11,14-15H2,1-2H3,(H,28,30)/t25-/m0/s1. The van der Waals surface area contributed by atoms with Crippen molar-refractivity contribution in [2.45, 2.75) is 51.0 Å². The third kappa shape index (κ3) is 4.46. The number of furan rings is 1. The minimum atomic E-state index is -0.208. The second-order valence-corrected chi connectivity index (χ2v) is 10.1. The highest BCUT2D eigenvalue weighted by Crippen LogP contribution is 2.48. The number of amides is 1. The number of methoxy groups -OCH3 is 2. The van der Waals surface area contributed by atoms with Crippen LogP contribution in [0, 0.1) is 0 Å². The molecule has 0 bridgehead atoms. The molecule has 1 aliphatic heterocycles. The Hall–Kier alpha value is -2.77. The molecule has 5 rings (SSSR count). The molecule has 1 aliphatic carbocycles. The molecule has 0 radical (unpaired) electrons. The molecule has 3 heterocycles. The van der Waals surface area contributed by atoms with Gasteiger partial charge in [0.25, 0.3) is 5.91 Å². The maximum atomic E-state index is 13.0. The molecule has 0 unspecified atom stereocenters. The fraction of sp³-hybridized carbons (Fsp3) is 0.444. The summed E-state index contributed by atoms with van der Waals surface area (Å²) in [6.45, 7) is 2.03. The van der Waals surface area contributed by atoms with Crippen molar-refractivity contribution in [3.8, 4) is 11.5 Å². The lowest BCUT2D eigenvalue weighted by atomic mass is 9.87. The molecule has 1 aromatic carbocycles. The van der Waals surface area contributed by atoms with E-state index in [2.05, 4.69) is 16.3 Å². The first-order valence-electron chi connectivity index (χ1n) is 12.1. The summed E-state index contributed by atoms with van der Waals surface area (Å²) >= 11 is 1.73. The van der Waals surface area contributed by atoms with Gasteiger partial charge in [-0.15, -0.1) is 11.3 Å². The van der Waals surface area contributed by atoms with Gasteiger partial charge in [-0.3, -0.25) is 9.69 Å². The summed E-state index contributed by atoms with van der Waals surface area (Å²) in [4.78, 5) is 17.0. The molecule has 0 saturated carbocycles. The van der Waals surface area contributed by atoms with Crippen molar-refractivity contribution in [1.82, 2.24) is 4.90 Å². The van der Waals surface area contributed by atoms with E-state index in [4.69, 9.17) is 13.9 Å². The van der Waals surface area contributed by atoms with E-state index in [1.165, 1.54) is 54.4 Å². The molecule has 1 saturated heterocycles. The first kappa shape index (κ1) is 23.0. The van der Waals surface area contributed by atoms with Gasteiger partial charge in [0.05, 0.1) is 26.5 Å². The number of thiophene rings is 1. The number of likely N-dealkylation sites (tertiary alicyclic amines) is 1. The Bertz CT molecular complexity index is 1130. The Morgan fingerprint density at radius 2 is 1.88 bits per heavy atom. The maximum Gasteiger partial charge on any atom is 0.291 e. The zero-order valence-electron chi connectivity index (χ0n) is 19.9. The van der Waals surface area contributed by atoms with Gasteiger partial charge >= 0.3 is 0 Å². The van der Waals surface area contributed by atoms with Gasteiger partial charge in [0.2, 0.25) is 0 Å². The van der Waals surface area contributed by atoms with Crippen molar-refractivity contribution in [3.05, 3.63) is 63.9 Å². The van der Waals surface area contributed by atoms with Gasteiger partial charge < -0.3 is 19.2 Å². The number of piperidine rings is 1. The van der Waals surface area contributed by atoms with E-state index in [0.717, 1.165) is 48.0 Å². The minimum absolute atomic E-state index is 0.0182. The lowest BCUT2D eigenvalue weighted by molar-refractivity contribution is 0.0996. The summed E-state index contributed by atoms with van der Waals surface area (Å²) < 4.78 is 16.9. The first-order chi connectivity index (χ1) is 16.7. The first-order valence-corrected chi connectivity index (χ1v) is 13.0. The number of aryl methyl sites for hydroxylation is 1. The normalized spacial score (nSPS) is 17.1. The van der Waals surface area contributed by atoms with Gasteiger partial charge in [-0.05, 0) is 87.5 Å². The van der Waals surface area contributed by atoms with Crippen molar-refractivity contribution >= 4 is 22.2 Å². The summed E-state index contributed by atoms with van der Waals surface area (Å²) in [5, 5.41) is 4.14. The predicted molar refractivity (Wildman–Crippen MR) is 134 cm³/mol. The highest BCUT2D eigenvalue weighted by atomic mass is 32.1. The summed E-state index contributed by atoms with van der Waals surface area (Å²) in [5.41, 5.74) is 3.70. The average molecular weight is 481 g/mol. The zero-order valence-corrected chi connectivity index (χ0v) is 20.7. The number of carbonyl (C=O) groups excluding carboxylic acids is 1. The minimum Gasteiger partial charge on any atom is -0.497 e. The molecule has 1 N–H and O–H groups in total. The lowest BCUT2D eigenvalue weighted by Gasteiger charge is -2.37. The monoisotopic (exact) mass is 480 g/mol. The van der Waals surface area contributed by atoms with E-state index in [1.807, 2.05) is 12.1 Å². The van der Waals surface area contributed by atoms with Crippen molar-refractivity contribution in [3.63, 3.8) is 0 Å². The Kier molecular flexibility index (Phi) is 6.92. The molecule has 1 atom stereocenters. The molecule has 2 aromatic heterocycles. The predicted octanol–water partition coefficient (Wildman–Crippen LogP) is 6.06. The highest BCUT2D eigenvalue weighted by molar-refractivity contribution is 7.16. The van der Waals surface area contributed by atoms with E-state index in [0.29, 0.717) is 5.76 Å². The number of ether oxygens (including phenoxy) is 2. The SMILES string of the molecule is COc1ccc(OC)c([C@@H](c2c(NC(=O)c3ccco3)sc3c2CCCC3)N2CCCCC2)c1. The molecule has 34 heavy (non-hydrogen) atoms. The van der Waals surface area contributed by atoms with E-state index < -0.39 is 0 Å². The van der Waals surface area contributed by atoms with Crippen molar-refractivity contribution < 1.29 is 18.7 Å². The number of hydrogen-bond donors (Lipinski definition) is 1. The van der Waals surface area contributed by atoms with Crippen LogP contribution in [0.5, 0.6) is 11.5 Å². The van der Waals surface area contributed by atoms with Crippen molar-refractivity contribution in [1.29, 1.82) is 0 Å². The second kappa shape index (κ2) is 10.2. The number of carbonyl (C=O) groups is 1. The molecule has 3 aromatic rings. The topological polar surface area (TPSA) is 63.9 Å². The van der Waals surface area contributed by atoms with Gasteiger partial charge in [-0.2, -0.15) is 0 Å². The number of hydrogen-bond acceptors (Lipinski definition) is 6. The van der Waals surface area contributed by atoms with Crippen LogP contribution < -0.4 is 14.8 Å². The maximum absolute atomic E-state index is 13.0. The van der Waals surface area contributed by atoms with E-state index in [9.17, 15) is 4.79 Å². The molecular formula is C27H32N2O4S. The van der Waals surface area contributed by atoms with Gasteiger partial charge in [0, 0.05) is 16.0 Å². The molecule has 6 nitrogen and oxygen atoms in total. The van der Waals surface area contributed by atoms with Crippen LogP contribution in [0.25, 0.3) is 0 Å². The quantitative estimate of drug-likeness (QED) is 0.445. The summed E-state index contributed by atoms with van der Waals surface area (Å²) in [7, 11) is 3.42. The number of rotatable bonds is 7. The van der Waals surface area contributed by atoms with Crippen LogP contribution in [0.2, 0.25) is 0 Å². The van der Waals surface area contributed by atoms with Crippen LogP contribution in [0.1, 0.15) is 70.3 Å². The molecular weight excluding hydrogens is 448 g/mol. The highest BCUT2D eigenvalue weighted by Gasteiger charge is 2.34. The van der Waals surface area contributed by atoms with Gasteiger partial charge in [-0.25, -0.2) is 0 Å². The van der Waals surface area contributed by atoms with Crippen LogP contribution in [0.4, 0.5) is 5.00 Å². The van der Waals surface area contributed by atoms with Crippen molar-refractivity contribution in [2.24, 2.45) is 0 Å². The fourth-order valence-electron chi connectivity index (χ4n) is 5.31. The smallest absolute Gasteiger partial charge is 0.291 e. The van der Waals surface area contributed by atoms with E-state index in [1.54, 1.807) is 37.7 Å². The molecule has 2 aliphatic rings. The Morgan fingerprint density at radius 1 is 1.06 bits per heavy atom. The van der Waals surface area contributed by atoms with E-state index in [-0.39, 0.29) is 11.9 Å². The Labute approximate surface area is 204 Å². The Morgan fingerprint density at radius 3 is 2.62 bits per heavy atom. The molecule has 1 amide bonds. The third-order valence-electron chi connectivity index (χ3n) is 6.94. The van der Waals surface area contributed by atoms with Crippen LogP contribution in [-0.2, 0) is 12.8 Å². The molecule has 1 fully saturated rings. The molecule has 180 valence electrons. The number of nitrogens with zero attached hydrogens (tertiary/aromatic N) is 1. The van der Waals surface area contributed by atoms with Gasteiger partial charge in [0.1, 0.15) is 16.5 Å². The lowest BCUT2D eigenvalue weighted by Crippen LogP contribution is -2.35. The van der Waals surface area contributed by atoms with Crippen LogP contribution >= 0.6 is 11.3 Å². The van der Waals surface area contributed by atoms with Gasteiger partial charge in [-0.1, -0.05) is 6.42 Å². The molecule has 0 spiro atoms. The average Bonchev–Trinajstić information content (AvgIpc) is 3.54. The summed E-state index contributed by atoms with van der Waals surface area (Å²) in [6.07, 6.45) is 9.58. The summed E-state index contributed by atoms with van der Waals surface area (Å²) in [6, 6.07) is 9.46. The third-order valence-corrected chi connectivity index (χ3v) is 8.17. The Balaban J connectivity index is 1.66. The number of anilines is 1. The number of nitrogens with one attached hydrogen (secondary N) is 1. The van der Waals surface area contributed by atoms with E-state index >= 15 is 0 Å². The zero-order chi connectivity index (χ0) is 23.5. The van der Waals surface area contributed by atoms with Crippen LogP contribution in [0.3, 0.4) is 0 Å². The molecule has 7 heteroatoms.